The molecule has 0 amide bonds. The Kier molecular flexibility index (Phi) is 7.81. The Morgan fingerprint density at radius 3 is 2.71 bits per heavy atom. The number of likely N-dealkylation sites (tertiary alicyclic amines) is 2. The fourth-order valence-electron chi connectivity index (χ4n) is 3.91. The molecule has 2 saturated heterocycles. The minimum Gasteiger partial charge on any atom is -0.370 e. The summed E-state index contributed by atoms with van der Waals surface area (Å²) in [6, 6.07) is 4.93. The number of thiophene rings is 1. The van der Waals surface area contributed by atoms with Gasteiger partial charge in [0.15, 0.2) is 5.96 Å². The zero-order valence-electron chi connectivity index (χ0n) is 14.9. The van der Waals surface area contributed by atoms with E-state index < -0.39 is 0 Å². The Morgan fingerprint density at radius 1 is 1.29 bits per heavy atom. The van der Waals surface area contributed by atoms with E-state index in [1.54, 1.807) is 0 Å². The highest BCUT2D eigenvalue weighted by atomic mass is 127. The second kappa shape index (κ2) is 9.38. The molecule has 136 valence electrons. The summed E-state index contributed by atoms with van der Waals surface area (Å²) in [5, 5.41) is 2.18. The summed E-state index contributed by atoms with van der Waals surface area (Å²) in [5.74, 6) is 2.17. The Hall–Kier alpha value is -0.340. The number of nitrogens with zero attached hydrogens (tertiary/aromatic N) is 3. The average Bonchev–Trinajstić information content (AvgIpc) is 3.07. The Balaban J connectivity index is 0.00000208. The minimum atomic E-state index is 0. The highest BCUT2D eigenvalue weighted by Gasteiger charge is 2.31. The SMILES string of the molecule is CC1CCN(C(N)=NCC2CCCN(C)C2c2cccs2)CC1.I. The van der Waals surface area contributed by atoms with Gasteiger partial charge in [0.2, 0.25) is 0 Å². The van der Waals surface area contributed by atoms with Gasteiger partial charge in [-0.1, -0.05) is 13.0 Å². The maximum atomic E-state index is 6.27. The molecule has 2 aliphatic heterocycles. The van der Waals surface area contributed by atoms with Gasteiger partial charge in [0.25, 0.3) is 0 Å². The molecule has 2 atom stereocenters. The third-order valence-corrected chi connectivity index (χ3v) is 6.38. The van der Waals surface area contributed by atoms with Crippen molar-refractivity contribution in [1.82, 2.24) is 9.80 Å². The third kappa shape index (κ3) is 4.85. The minimum absolute atomic E-state index is 0. The first kappa shape index (κ1) is 20.0. The first-order valence-electron chi connectivity index (χ1n) is 8.93. The smallest absolute Gasteiger partial charge is 0.191 e. The zero-order chi connectivity index (χ0) is 16.2. The van der Waals surface area contributed by atoms with Gasteiger partial charge in [-0.15, -0.1) is 35.3 Å². The van der Waals surface area contributed by atoms with Crippen molar-refractivity contribution in [2.45, 2.75) is 38.6 Å². The first-order chi connectivity index (χ1) is 11.1. The molecule has 1 aromatic heterocycles. The highest BCUT2D eigenvalue weighted by Crippen LogP contribution is 2.37. The van der Waals surface area contributed by atoms with Crippen LogP contribution in [-0.4, -0.2) is 49.0 Å². The van der Waals surface area contributed by atoms with Crippen molar-refractivity contribution in [2.24, 2.45) is 22.6 Å². The molecule has 2 aliphatic rings. The summed E-state index contributed by atoms with van der Waals surface area (Å²) in [4.78, 5) is 11.0. The summed E-state index contributed by atoms with van der Waals surface area (Å²) in [5.41, 5.74) is 6.27. The van der Waals surface area contributed by atoms with Crippen LogP contribution < -0.4 is 5.73 Å². The summed E-state index contributed by atoms with van der Waals surface area (Å²) in [7, 11) is 2.25. The van der Waals surface area contributed by atoms with Crippen LogP contribution in [0.3, 0.4) is 0 Å². The van der Waals surface area contributed by atoms with Crippen molar-refractivity contribution in [2.75, 3.05) is 33.2 Å². The largest absolute Gasteiger partial charge is 0.370 e. The van der Waals surface area contributed by atoms with E-state index in [2.05, 4.69) is 41.3 Å². The maximum absolute atomic E-state index is 6.27. The van der Waals surface area contributed by atoms with Crippen molar-refractivity contribution < 1.29 is 0 Å². The number of rotatable bonds is 3. The summed E-state index contributed by atoms with van der Waals surface area (Å²) < 4.78 is 0. The van der Waals surface area contributed by atoms with Gasteiger partial charge in [0.05, 0.1) is 0 Å². The molecule has 3 rings (SSSR count). The molecule has 0 saturated carbocycles. The van der Waals surface area contributed by atoms with Crippen molar-refractivity contribution in [3.63, 3.8) is 0 Å². The lowest BCUT2D eigenvalue weighted by Crippen LogP contribution is -2.43. The number of hydrogen-bond acceptors (Lipinski definition) is 3. The Labute approximate surface area is 167 Å². The summed E-state index contributed by atoms with van der Waals surface area (Å²) in [6.07, 6.45) is 4.99. The van der Waals surface area contributed by atoms with Crippen LogP contribution in [0.4, 0.5) is 0 Å². The van der Waals surface area contributed by atoms with Crippen LogP contribution in [0, 0.1) is 11.8 Å². The number of hydrogen-bond donors (Lipinski definition) is 1. The number of piperidine rings is 2. The lowest BCUT2D eigenvalue weighted by molar-refractivity contribution is 0.128. The van der Waals surface area contributed by atoms with Crippen molar-refractivity contribution in [3.8, 4) is 0 Å². The number of nitrogens with two attached hydrogens (primary N) is 1. The Morgan fingerprint density at radius 2 is 2.04 bits per heavy atom. The van der Waals surface area contributed by atoms with E-state index in [0.29, 0.717) is 12.0 Å². The van der Waals surface area contributed by atoms with Crippen LogP contribution in [0.15, 0.2) is 22.5 Å². The van der Waals surface area contributed by atoms with Gasteiger partial charge in [-0.3, -0.25) is 9.89 Å². The predicted molar refractivity (Wildman–Crippen MR) is 114 cm³/mol. The van der Waals surface area contributed by atoms with Crippen LogP contribution in [0.2, 0.25) is 0 Å². The van der Waals surface area contributed by atoms with Crippen LogP contribution in [-0.2, 0) is 0 Å². The highest BCUT2D eigenvalue weighted by molar-refractivity contribution is 14.0. The molecule has 4 nitrogen and oxygen atoms in total. The van der Waals surface area contributed by atoms with E-state index in [-0.39, 0.29) is 24.0 Å². The molecule has 0 radical (unpaired) electrons. The van der Waals surface area contributed by atoms with E-state index in [1.807, 2.05) is 11.3 Å². The molecule has 0 aliphatic carbocycles. The lowest BCUT2D eigenvalue weighted by atomic mass is 9.88. The van der Waals surface area contributed by atoms with E-state index in [1.165, 1.54) is 37.1 Å². The van der Waals surface area contributed by atoms with E-state index in [9.17, 15) is 0 Å². The Bertz CT molecular complexity index is 511. The molecule has 2 unspecified atom stereocenters. The van der Waals surface area contributed by atoms with Gasteiger partial charge < -0.3 is 10.6 Å². The lowest BCUT2D eigenvalue weighted by Gasteiger charge is -2.38. The van der Waals surface area contributed by atoms with Crippen LogP contribution in [0.1, 0.15) is 43.5 Å². The van der Waals surface area contributed by atoms with E-state index in [4.69, 9.17) is 10.7 Å². The molecule has 2 N–H and O–H groups in total. The van der Waals surface area contributed by atoms with Crippen LogP contribution >= 0.6 is 35.3 Å². The summed E-state index contributed by atoms with van der Waals surface area (Å²) >= 11 is 1.87. The van der Waals surface area contributed by atoms with Crippen LogP contribution in [0.25, 0.3) is 0 Å². The number of guanidine groups is 1. The quantitative estimate of drug-likeness (QED) is 0.422. The monoisotopic (exact) mass is 462 g/mol. The molecule has 6 heteroatoms. The number of halogens is 1. The molecule has 3 heterocycles. The molecule has 2 fully saturated rings. The molecule has 24 heavy (non-hydrogen) atoms. The molecular formula is C18H31IN4S. The third-order valence-electron chi connectivity index (χ3n) is 5.44. The zero-order valence-corrected chi connectivity index (χ0v) is 18.0. The van der Waals surface area contributed by atoms with Gasteiger partial charge in [-0.2, -0.15) is 0 Å². The molecular weight excluding hydrogens is 431 g/mol. The number of aliphatic imine (C=N–C) groups is 1. The molecule has 0 bridgehead atoms. The van der Waals surface area contributed by atoms with E-state index in [0.717, 1.165) is 31.5 Å². The topological polar surface area (TPSA) is 44.9 Å². The second-order valence-electron chi connectivity index (χ2n) is 7.21. The van der Waals surface area contributed by atoms with Gasteiger partial charge in [0, 0.05) is 30.6 Å². The maximum Gasteiger partial charge on any atom is 0.191 e. The predicted octanol–water partition coefficient (Wildman–Crippen LogP) is 3.80. The van der Waals surface area contributed by atoms with Crippen molar-refractivity contribution in [1.29, 1.82) is 0 Å². The normalized spacial score (nSPS) is 27.1. The van der Waals surface area contributed by atoms with Crippen molar-refractivity contribution in [3.05, 3.63) is 22.4 Å². The molecule has 1 aromatic rings. The fraction of sp³-hybridized carbons (Fsp3) is 0.722. The fourth-order valence-corrected chi connectivity index (χ4v) is 4.89. The van der Waals surface area contributed by atoms with E-state index >= 15 is 0 Å². The summed E-state index contributed by atoms with van der Waals surface area (Å²) in [6.45, 7) is 6.49. The van der Waals surface area contributed by atoms with Crippen LogP contribution in [0.5, 0.6) is 0 Å². The van der Waals surface area contributed by atoms with Gasteiger partial charge in [0.1, 0.15) is 0 Å². The van der Waals surface area contributed by atoms with Gasteiger partial charge >= 0.3 is 0 Å². The first-order valence-corrected chi connectivity index (χ1v) is 9.81. The van der Waals surface area contributed by atoms with Gasteiger partial charge in [-0.25, -0.2) is 0 Å². The second-order valence-corrected chi connectivity index (χ2v) is 8.19. The van der Waals surface area contributed by atoms with Crippen molar-refractivity contribution >= 4 is 41.3 Å². The standard InChI is InChI=1S/C18H30N4S.HI/c1-14-7-10-22(11-8-14)18(19)20-13-15-5-3-9-21(2)17(15)16-6-4-12-23-16;/h4,6,12,14-15,17H,3,5,7-11,13H2,1-2H3,(H2,19,20);1H. The average molecular weight is 462 g/mol. The molecule has 0 aromatic carbocycles. The van der Waals surface area contributed by atoms with Gasteiger partial charge in [-0.05, 0) is 62.6 Å². The molecule has 0 spiro atoms.